The Bertz CT molecular complexity index is 1310. The molecular weight excluding hydrogens is 544 g/mol. The van der Waals surface area contributed by atoms with E-state index in [1.807, 2.05) is 78.2 Å². The summed E-state index contributed by atoms with van der Waals surface area (Å²) in [5.41, 5.74) is 0.694. The van der Waals surface area contributed by atoms with Gasteiger partial charge in [-0.25, -0.2) is 4.79 Å². The van der Waals surface area contributed by atoms with Gasteiger partial charge in [0, 0.05) is 23.6 Å². The highest BCUT2D eigenvalue weighted by Gasteiger charge is 2.66. The molecule has 38 heavy (non-hydrogen) atoms. The molecule has 5 rings (SSSR count). The van der Waals surface area contributed by atoms with Gasteiger partial charge in [0.15, 0.2) is 6.10 Å². The van der Waals surface area contributed by atoms with Crippen molar-refractivity contribution in [3.63, 3.8) is 0 Å². The number of β-lactam (4-membered cyclic amide) rings is 1. The third-order valence-corrected chi connectivity index (χ3v) is 9.03. The molecule has 2 aliphatic rings. The molecule has 10 heteroatoms. The minimum atomic E-state index is -1.58. The van der Waals surface area contributed by atoms with Crippen molar-refractivity contribution in [2.24, 2.45) is 0 Å². The predicted octanol–water partition coefficient (Wildman–Crippen LogP) is 4.49. The number of ether oxygens (including phenoxy) is 2. The van der Waals surface area contributed by atoms with Crippen LogP contribution in [-0.2, 0) is 30.3 Å². The quantitative estimate of drug-likeness (QED) is 0.177. The van der Waals surface area contributed by atoms with Gasteiger partial charge in [-0.05, 0) is 28.1 Å². The molecule has 0 spiro atoms. The molecule has 2 aliphatic heterocycles. The molecule has 196 valence electrons. The monoisotopic (exact) mass is 568 g/mol. The van der Waals surface area contributed by atoms with Gasteiger partial charge in [-0.1, -0.05) is 66.7 Å². The van der Waals surface area contributed by atoms with Crippen molar-refractivity contribution in [1.29, 1.82) is 0 Å². The van der Waals surface area contributed by atoms with Crippen LogP contribution < -0.4 is 5.32 Å². The molecule has 1 unspecified atom stereocenters. The van der Waals surface area contributed by atoms with Crippen LogP contribution in [0.3, 0.4) is 0 Å². The first-order valence-corrected chi connectivity index (χ1v) is 14.4. The molecule has 3 heterocycles. The lowest BCUT2D eigenvalue weighted by molar-refractivity contribution is -0.193. The molecule has 0 bridgehead atoms. The van der Waals surface area contributed by atoms with Crippen LogP contribution in [0.5, 0.6) is 0 Å². The van der Waals surface area contributed by atoms with Crippen LogP contribution in [0.25, 0.3) is 0 Å². The number of amides is 2. The first-order valence-electron chi connectivity index (χ1n) is 11.9. The van der Waals surface area contributed by atoms with E-state index in [-0.39, 0.29) is 23.9 Å². The maximum atomic E-state index is 13.7. The number of benzene rings is 2. The molecule has 2 amide bonds. The van der Waals surface area contributed by atoms with Crippen molar-refractivity contribution in [2.45, 2.75) is 23.6 Å². The highest BCUT2D eigenvalue weighted by molar-refractivity contribution is 8.00. The molecule has 0 radical (unpaired) electrons. The van der Waals surface area contributed by atoms with E-state index < -0.39 is 29.1 Å². The zero-order chi connectivity index (χ0) is 26.7. The van der Waals surface area contributed by atoms with Crippen LogP contribution in [-0.4, -0.2) is 52.5 Å². The van der Waals surface area contributed by atoms with Crippen molar-refractivity contribution in [3.8, 4) is 0 Å². The number of nitrogens with zero attached hydrogens (tertiary/aromatic N) is 1. The van der Waals surface area contributed by atoms with Crippen LogP contribution in [0.15, 0.2) is 89.4 Å². The molecule has 3 aromatic rings. The van der Waals surface area contributed by atoms with E-state index in [1.165, 1.54) is 35.1 Å². The number of esters is 1. The molecule has 7 nitrogen and oxygen atoms in total. The number of rotatable bonds is 9. The van der Waals surface area contributed by atoms with E-state index in [0.29, 0.717) is 11.3 Å². The van der Waals surface area contributed by atoms with Gasteiger partial charge < -0.3 is 14.8 Å². The maximum absolute atomic E-state index is 13.7. The summed E-state index contributed by atoms with van der Waals surface area (Å²) >= 11 is 9.07. The zero-order valence-electron chi connectivity index (χ0n) is 20.5. The molecule has 0 aliphatic carbocycles. The number of hydrogen-bond donors (Lipinski definition) is 1. The maximum Gasteiger partial charge on any atom is 0.356 e. The Morgan fingerprint density at radius 2 is 1.74 bits per heavy atom. The standard InChI is InChI=1S/C28H25ClN2O5S2/c1-35-28(30-22(32)15-21-13-8-14-37-21)26(34)31-23(20(16-29)17-38-27(28)31)25(33)36-24(18-9-4-2-5-10-18)19-11-6-3-7-12-19/h2-14,24,27H,15-17H2,1H3,(H,30,32)/t27-,28?/m0/s1. The second-order valence-electron chi connectivity index (χ2n) is 8.78. The second-order valence-corrected chi connectivity index (χ2v) is 11.1. The van der Waals surface area contributed by atoms with Gasteiger partial charge in [0.05, 0.1) is 6.42 Å². The largest absolute Gasteiger partial charge is 0.448 e. The summed E-state index contributed by atoms with van der Waals surface area (Å²) in [4.78, 5) is 42.3. The highest BCUT2D eigenvalue weighted by atomic mass is 35.5. The van der Waals surface area contributed by atoms with E-state index in [1.54, 1.807) is 0 Å². The molecule has 1 aromatic heterocycles. The van der Waals surface area contributed by atoms with Crippen LogP contribution in [0.1, 0.15) is 22.1 Å². The summed E-state index contributed by atoms with van der Waals surface area (Å²) in [5.74, 6) is -1.10. The molecular formula is C28H25ClN2O5S2. The van der Waals surface area contributed by atoms with Gasteiger partial charge >= 0.3 is 5.97 Å². The van der Waals surface area contributed by atoms with E-state index in [9.17, 15) is 14.4 Å². The number of methoxy groups -OCH3 is 1. The number of thioether (sulfide) groups is 1. The van der Waals surface area contributed by atoms with E-state index in [4.69, 9.17) is 21.1 Å². The third-order valence-electron chi connectivity index (χ3n) is 6.46. The lowest BCUT2D eigenvalue weighted by Crippen LogP contribution is -2.80. The number of carbonyl (C=O) groups excluding carboxylic acids is 3. The molecule has 1 N–H and O–H groups in total. The topological polar surface area (TPSA) is 84.9 Å². The van der Waals surface area contributed by atoms with Crippen molar-refractivity contribution >= 4 is 52.5 Å². The molecule has 2 atom stereocenters. The number of thiophene rings is 1. The Morgan fingerprint density at radius 3 is 2.29 bits per heavy atom. The van der Waals surface area contributed by atoms with Gasteiger partial charge in [0.2, 0.25) is 5.91 Å². The minimum absolute atomic E-state index is 0.0555. The fourth-order valence-electron chi connectivity index (χ4n) is 4.60. The minimum Gasteiger partial charge on any atom is -0.448 e. The van der Waals surface area contributed by atoms with E-state index in [2.05, 4.69) is 5.32 Å². The summed E-state index contributed by atoms with van der Waals surface area (Å²) in [5, 5.41) is 4.02. The van der Waals surface area contributed by atoms with Crippen LogP contribution in [0, 0.1) is 0 Å². The number of fused-ring (bicyclic) bond motifs is 1. The molecule has 2 aromatic carbocycles. The molecule has 1 fully saturated rings. The van der Waals surface area contributed by atoms with Gasteiger partial charge in [0.25, 0.3) is 11.6 Å². The number of alkyl halides is 1. The van der Waals surface area contributed by atoms with Crippen molar-refractivity contribution in [1.82, 2.24) is 10.2 Å². The Balaban J connectivity index is 1.41. The zero-order valence-corrected chi connectivity index (χ0v) is 22.9. The lowest BCUT2D eigenvalue weighted by atomic mass is 9.97. The van der Waals surface area contributed by atoms with E-state index in [0.717, 1.165) is 16.0 Å². The SMILES string of the molecule is COC1(NC(=O)Cc2cccs2)C(=O)N2C(C(=O)OC(c3ccccc3)c3ccccc3)=C(CCl)CS[C@H]21. The number of carbonyl (C=O) groups is 3. The normalized spacial score (nSPS) is 20.7. The van der Waals surface area contributed by atoms with Gasteiger partial charge in [-0.3, -0.25) is 14.5 Å². The van der Waals surface area contributed by atoms with Crippen molar-refractivity contribution < 1.29 is 23.9 Å². The third kappa shape index (κ3) is 4.87. The number of nitrogens with one attached hydrogen (secondary N) is 1. The fraction of sp³-hybridized carbons (Fsp3) is 0.250. The summed E-state index contributed by atoms with van der Waals surface area (Å²) in [6.07, 6.45) is -0.558. The number of halogens is 1. The Labute approximate surface area is 233 Å². The first kappa shape index (κ1) is 26.5. The predicted molar refractivity (Wildman–Crippen MR) is 148 cm³/mol. The Kier molecular flexibility index (Phi) is 7.90. The first-order chi connectivity index (χ1) is 18.5. The summed E-state index contributed by atoms with van der Waals surface area (Å²) in [6, 6.07) is 22.5. The van der Waals surface area contributed by atoms with Crippen LogP contribution in [0.4, 0.5) is 0 Å². The average Bonchev–Trinajstić information content (AvgIpc) is 3.47. The Morgan fingerprint density at radius 1 is 1.08 bits per heavy atom. The summed E-state index contributed by atoms with van der Waals surface area (Å²) in [7, 11) is 1.38. The summed E-state index contributed by atoms with van der Waals surface area (Å²) in [6.45, 7) is 0. The lowest BCUT2D eigenvalue weighted by Gasteiger charge is -2.56. The fourth-order valence-corrected chi connectivity index (χ4v) is 7.08. The second kappa shape index (κ2) is 11.3. The van der Waals surface area contributed by atoms with Gasteiger partial charge in [-0.2, -0.15) is 0 Å². The van der Waals surface area contributed by atoms with Gasteiger partial charge in [0.1, 0.15) is 11.1 Å². The smallest absolute Gasteiger partial charge is 0.356 e. The van der Waals surface area contributed by atoms with Crippen molar-refractivity contribution in [3.05, 3.63) is 105 Å². The van der Waals surface area contributed by atoms with Gasteiger partial charge in [-0.15, -0.1) is 34.7 Å². The van der Waals surface area contributed by atoms with Crippen molar-refractivity contribution in [2.75, 3.05) is 18.7 Å². The highest BCUT2D eigenvalue weighted by Crippen LogP contribution is 2.47. The number of hydrogen-bond acceptors (Lipinski definition) is 7. The van der Waals surface area contributed by atoms with Crippen LogP contribution in [0.2, 0.25) is 0 Å². The Hall–Kier alpha value is -3.11. The van der Waals surface area contributed by atoms with E-state index >= 15 is 0 Å². The molecule has 0 saturated carbocycles. The summed E-state index contributed by atoms with van der Waals surface area (Å²) < 4.78 is 11.7. The molecule has 1 saturated heterocycles. The van der Waals surface area contributed by atoms with Crippen LogP contribution >= 0.6 is 34.7 Å². The average molecular weight is 569 g/mol.